The van der Waals surface area contributed by atoms with E-state index < -0.39 is 5.97 Å². The topological polar surface area (TPSA) is 93.5 Å². The van der Waals surface area contributed by atoms with E-state index in [1.807, 2.05) is 36.6 Å². The van der Waals surface area contributed by atoms with Crippen LogP contribution in [-0.4, -0.2) is 30.6 Å². The van der Waals surface area contributed by atoms with Gasteiger partial charge in [-0.05, 0) is 49.1 Å². The average Bonchev–Trinajstić information content (AvgIpc) is 3.28. The number of aliphatic carboxylic acids is 1. The molecular weight excluding hydrogens is 415 g/mol. The lowest BCUT2D eigenvalue weighted by atomic mass is 10.0. The maximum atomic E-state index is 10.8. The van der Waals surface area contributed by atoms with Gasteiger partial charge in [0.1, 0.15) is 5.69 Å². The van der Waals surface area contributed by atoms with Gasteiger partial charge in [0.15, 0.2) is 5.65 Å². The van der Waals surface area contributed by atoms with E-state index in [4.69, 9.17) is 32.8 Å². The molecule has 0 bridgehead atoms. The number of hydrogen-bond donors (Lipinski definition) is 1. The molecule has 0 saturated heterocycles. The molecule has 4 rings (SSSR count). The first kappa shape index (κ1) is 19.4. The van der Waals surface area contributed by atoms with Gasteiger partial charge in [0.05, 0.1) is 5.02 Å². The Hall–Kier alpha value is -2.90. The summed E-state index contributed by atoms with van der Waals surface area (Å²) >= 11 is 12.6. The number of aryl methyl sites for hydroxylation is 3. The van der Waals surface area contributed by atoms with Gasteiger partial charge in [-0.15, -0.1) is 0 Å². The average molecular weight is 431 g/mol. The Bertz CT molecular complexity index is 1250. The molecule has 0 aliphatic heterocycles. The van der Waals surface area contributed by atoms with Crippen molar-refractivity contribution in [2.75, 3.05) is 0 Å². The van der Waals surface area contributed by atoms with Crippen LogP contribution >= 0.6 is 23.2 Å². The standard InChI is InChI=1S/C20H16Cl2N4O3/c1-10-5-15(22)19-23-16(9-26(19)8-10)18-24-20(29-25-18)13-7-14(21)12(6-11(13)2)3-4-17(27)28/h5-9H,3-4H2,1-2H3,(H,27,28). The summed E-state index contributed by atoms with van der Waals surface area (Å²) in [5.74, 6) is -0.224. The van der Waals surface area contributed by atoms with Crippen molar-refractivity contribution in [1.29, 1.82) is 0 Å². The number of carbonyl (C=O) groups is 1. The monoisotopic (exact) mass is 430 g/mol. The highest BCUT2D eigenvalue weighted by molar-refractivity contribution is 6.33. The fourth-order valence-electron chi connectivity index (χ4n) is 3.14. The van der Waals surface area contributed by atoms with E-state index in [1.54, 1.807) is 12.3 Å². The first-order valence-corrected chi connectivity index (χ1v) is 9.57. The number of carboxylic acid groups (broad SMARTS) is 1. The lowest BCUT2D eigenvalue weighted by Crippen LogP contribution is -1.99. The van der Waals surface area contributed by atoms with E-state index in [1.165, 1.54) is 0 Å². The number of rotatable bonds is 5. The third kappa shape index (κ3) is 3.83. The molecule has 3 aromatic heterocycles. The van der Waals surface area contributed by atoms with Crippen LogP contribution in [0.4, 0.5) is 0 Å². The molecule has 4 aromatic rings. The lowest BCUT2D eigenvalue weighted by molar-refractivity contribution is -0.136. The van der Waals surface area contributed by atoms with E-state index in [2.05, 4.69) is 15.1 Å². The Balaban J connectivity index is 1.68. The van der Waals surface area contributed by atoms with Crippen LogP contribution in [0.5, 0.6) is 0 Å². The van der Waals surface area contributed by atoms with E-state index in [0.29, 0.717) is 45.1 Å². The molecule has 0 atom stereocenters. The summed E-state index contributed by atoms with van der Waals surface area (Å²) in [5.41, 5.74) is 4.47. The molecule has 148 valence electrons. The molecule has 29 heavy (non-hydrogen) atoms. The van der Waals surface area contributed by atoms with Crippen molar-refractivity contribution in [2.24, 2.45) is 0 Å². The molecule has 0 spiro atoms. The second-order valence-electron chi connectivity index (χ2n) is 6.80. The summed E-state index contributed by atoms with van der Waals surface area (Å²) in [4.78, 5) is 19.8. The molecule has 0 saturated carbocycles. The molecule has 0 amide bonds. The predicted octanol–water partition coefficient (Wildman–Crippen LogP) is 4.99. The maximum Gasteiger partial charge on any atom is 0.303 e. The number of halogens is 2. The summed E-state index contributed by atoms with van der Waals surface area (Å²) in [5, 5.41) is 13.9. The van der Waals surface area contributed by atoms with Gasteiger partial charge >= 0.3 is 5.97 Å². The minimum absolute atomic E-state index is 0.0130. The van der Waals surface area contributed by atoms with Gasteiger partial charge in [0.2, 0.25) is 5.82 Å². The van der Waals surface area contributed by atoms with Crippen molar-refractivity contribution in [1.82, 2.24) is 19.5 Å². The third-order valence-corrected chi connectivity index (χ3v) is 5.16. The van der Waals surface area contributed by atoms with Gasteiger partial charge < -0.3 is 14.0 Å². The second-order valence-corrected chi connectivity index (χ2v) is 7.61. The number of benzene rings is 1. The SMILES string of the molecule is Cc1cc(Cl)c2nc(-c3noc(-c4cc(Cl)c(CCC(=O)O)cc4C)n3)cn2c1. The predicted molar refractivity (Wildman–Crippen MR) is 109 cm³/mol. The molecule has 0 aliphatic carbocycles. The molecule has 1 aromatic carbocycles. The zero-order chi connectivity index (χ0) is 20.7. The molecule has 0 radical (unpaired) electrons. The van der Waals surface area contributed by atoms with Crippen LogP contribution in [0, 0.1) is 13.8 Å². The Labute approximate surface area is 175 Å². The van der Waals surface area contributed by atoms with Crippen LogP contribution in [0.15, 0.2) is 35.1 Å². The molecule has 1 N–H and O–H groups in total. The largest absolute Gasteiger partial charge is 0.481 e. The third-order valence-electron chi connectivity index (χ3n) is 4.53. The van der Waals surface area contributed by atoms with Crippen LogP contribution in [0.3, 0.4) is 0 Å². The lowest BCUT2D eigenvalue weighted by Gasteiger charge is -2.07. The molecule has 3 heterocycles. The summed E-state index contributed by atoms with van der Waals surface area (Å²) in [7, 11) is 0. The highest BCUT2D eigenvalue weighted by atomic mass is 35.5. The summed E-state index contributed by atoms with van der Waals surface area (Å²) in [6, 6.07) is 5.40. The number of aromatic nitrogens is 4. The smallest absolute Gasteiger partial charge is 0.303 e. The number of fused-ring (bicyclic) bond motifs is 1. The van der Waals surface area contributed by atoms with Gasteiger partial charge in [-0.25, -0.2) is 4.98 Å². The summed E-state index contributed by atoms with van der Waals surface area (Å²) in [6.07, 6.45) is 4.07. The quantitative estimate of drug-likeness (QED) is 0.479. The van der Waals surface area contributed by atoms with Gasteiger partial charge in [-0.1, -0.05) is 34.4 Å². The molecular formula is C20H16Cl2N4O3. The minimum atomic E-state index is -0.868. The molecule has 0 aliphatic rings. The number of hydrogen-bond acceptors (Lipinski definition) is 5. The maximum absolute atomic E-state index is 10.8. The molecule has 0 fully saturated rings. The van der Waals surface area contributed by atoms with E-state index in [0.717, 1.165) is 16.7 Å². The Morgan fingerprint density at radius 1 is 1.14 bits per heavy atom. The van der Waals surface area contributed by atoms with Crippen LogP contribution < -0.4 is 0 Å². The molecule has 9 heteroatoms. The van der Waals surface area contributed by atoms with Crippen molar-refractivity contribution < 1.29 is 14.4 Å². The van der Waals surface area contributed by atoms with Gasteiger partial charge in [-0.3, -0.25) is 4.79 Å². The second kappa shape index (κ2) is 7.50. The fraction of sp³-hybridized carbons (Fsp3) is 0.200. The van der Waals surface area contributed by atoms with E-state index >= 15 is 0 Å². The minimum Gasteiger partial charge on any atom is -0.481 e. The fourth-order valence-corrected chi connectivity index (χ4v) is 3.71. The van der Waals surface area contributed by atoms with Crippen molar-refractivity contribution in [3.05, 3.63) is 57.3 Å². The first-order valence-electron chi connectivity index (χ1n) is 8.82. The highest BCUT2D eigenvalue weighted by Crippen LogP contribution is 2.31. The molecule has 7 nitrogen and oxygen atoms in total. The van der Waals surface area contributed by atoms with Gasteiger partial charge in [0.25, 0.3) is 5.89 Å². The number of pyridine rings is 1. The van der Waals surface area contributed by atoms with Crippen molar-refractivity contribution in [2.45, 2.75) is 26.7 Å². The normalized spacial score (nSPS) is 11.3. The first-order chi connectivity index (χ1) is 13.8. The van der Waals surface area contributed by atoms with Crippen LogP contribution in [0.25, 0.3) is 28.6 Å². The number of imidazole rings is 1. The Morgan fingerprint density at radius 3 is 2.69 bits per heavy atom. The Kier molecular flexibility index (Phi) is 5.02. The van der Waals surface area contributed by atoms with Crippen molar-refractivity contribution in [3.63, 3.8) is 0 Å². The Morgan fingerprint density at radius 2 is 1.93 bits per heavy atom. The highest BCUT2D eigenvalue weighted by Gasteiger charge is 2.18. The van der Waals surface area contributed by atoms with E-state index in [9.17, 15) is 4.79 Å². The summed E-state index contributed by atoms with van der Waals surface area (Å²) in [6.45, 7) is 3.83. The van der Waals surface area contributed by atoms with Gasteiger partial charge in [0, 0.05) is 29.4 Å². The molecule has 0 unspecified atom stereocenters. The van der Waals surface area contributed by atoms with Crippen LogP contribution in [0.1, 0.15) is 23.1 Å². The van der Waals surface area contributed by atoms with Crippen molar-refractivity contribution in [3.8, 4) is 23.0 Å². The summed E-state index contributed by atoms with van der Waals surface area (Å²) < 4.78 is 7.25. The van der Waals surface area contributed by atoms with Crippen LogP contribution in [0.2, 0.25) is 10.0 Å². The zero-order valence-corrected chi connectivity index (χ0v) is 17.1. The van der Waals surface area contributed by atoms with Crippen LogP contribution in [-0.2, 0) is 11.2 Å². The number of carboxylic acids is 1. The number of nitrogens with zero attached hydrogens (tertiary/aromatic N) is 4. The van der Waals surface area contributed by atoms with Crippen molar-refractivity contribution >= 4 is 34.8 Å². The van der Waals surface area contributed by atoms with E-state index in [-0.39, 0.29) is 6.42 Å². The van der Waals surface area contributed by atoms with Gasteiger partial charge in [-0.2, -0.15) is 4.98 Å². The zero-order valence-electron chi connectivity index (χ0n) is 15.6.